The summed E-state index contributed by atoms with van der Waals surface area (Å²) in [5.74, 6) is -1.22. The van der Waals surface area contributed by atoms with Crippen molar-refractivity contribution < 1.29 is 55.6 Å². The van der Waals surface area contributed by atoms with Crippen molar-refractivity contribution in [1.29, 1.82) is 0 Å². The summed E-state index contributed by atoms with van der Waals surface area (Å²) in [6.45, 7) is 2.75. The van der Waals surface area contributed by atoms with E-state index in [0.29, 0.717) is 12.1 Å². The number of aliphatic carboxylic acids is 2. The molecule has 1 fully saturated rings. The van der Waals surface area contributed by atoms with Gasteiger partial charge >= 0.3 is 24.3 Å². The van der Waals surface area contributed by atoms with E-state index >= 15 is 0 Å². The zero-order valence-electron chi connectivity index (χ0n) is 24.1. The van der Waals surface area contributed by atoms with Crippen molar-refractivity contribution in [3.05, 3.63) is 35.7 Å². The molecule has 1 aliphatic carbocycles. The van der Waals surface area contributed by atoms with Crippen molar-refractivity contribution in [2.45, 2.75) is 63.6 Å². The van der Waals surface area contributed by atoms with Crippen molar-refractivity contribution in [3.8, 4) is 11.5 Å². The Morgan fingerprint density at radius 3 is 1.70 bits per heavy atom. The lowest BCUT2D eigenvalue weighted by molar-refractivity contribution is -0.193. The molecule has 43 heavy (non-hydrogen) atoms. The van der Waals surface area contributed by atoms with Gasteiger partial charge in [0, 0.05) is 44.9 Å². The summed E-state index contributed by atoms with van der Waals surface area (Å²) < 4.78 is 74.2. The maximum atomic E-state index is 10.6. The lowest BCUT2D eigenvalue weighted by Gasteiger charge is -2.30. The quantitative estimate of drug-likeness (QED) is 0.304. The highest BCUT2D eigenvalue weighted by Crippen LogP contribution is 2.25. The maximum Gasteiger partial charge on any atom is 0.490 e. The number of carbonyl (C=O) groups is 2. The molecule has 3 rings (SSSR count). The molecule has 1 saturated carbocycles. The highest BCUT2D eigenvalue weighted by Gasteiger charge is 2.38. The molecule has 1 aromatic heterocycles. The van der Waals surface area contributed by atoms with Gasteiger partial charge in [-0.05, 0) is 50.3 Å². The van der Waals surface area contributed by atoms with Crippen LogP contribution in [0.1, 0.15) is 37.1 Å². The zero-order valence-corrected chi connectivity index (χ0v) is 24.1. The van der Waals surface area contributed by atoms with Crippen LogP contribution in [0.2, 0.25) is 0 Å². The molecular weight excluding hydrogens is 592 g/mol. The van der Waals surface area contributed by atoms with Gasteiger partial charge in [-0.1, -0.05) is 0 Å². The molecule has 0 spiro atoms. The smallest absolute Gasteiger partial charge is 0.490 e. The Morgan fingerprint density at radius 1 is 0.860 bits per heavy atom. The van der Waals surface area contributed by atoms with Crippen LogP contribution in [0.4, 0.5) is 38.0 Å². The van der Waals surface area contributed by atoms with E-state index in [1.54, 1.807) is 14.2 Å². The molecule has 0 atom stereocenters. The summed E-state index contributed by atoms with van der Waals surface area (Å²) in [7, 11) is 7.36. The van der Waals surface area contributed by atoms with Crippen LogP contribution in [-0.2, 0) is 16.1 Å². The molecule has 0 amide bonds. The SMILES string of the molecule is COc1cc(CNC2CCC(Nc3cc(N(C)C)nc(C)n3)CC2)cc(OC)c1.O=C(O)C(F)(F)F.O=C(O)C(F)(F)F. The Hall–Kier alpha value is -4.02. The summed E-state index contributed by atoms with van der Waals surface area (Å²) >= 11 is 0. The number of hydrogen-bond acceptors (Lipinski definition) is 9. The molecule has 0 unspecified atom stereocenters. The summed E-state index contributed by atoms with van der Waals surface area (Å²) in [6.07, 6.45) is -5.63. The van der Waals surface area contributed by atoms with Crippen LogP contribution in [0, 0.1) is 6.92 Å². The Kier molecular flexibility index (Phi) is 14.3. The first-order valence-electron chi connectivity index (χ1n) is 12.7. The molecule has 4 N–H and O–H groups in total. The molecule has 1 aromatic carbocycles. The minimum atomic E-state index is -5.08. The van der Waals surface area contributed by atoms with E-state index in [2.05, 4.69) is 32.7 Å². The molecule has 0 saturated heterocycles. The van der Waals surface area contributed by atoms with Crippen molar-refractivity contribution in [2.75, 3.05) is 38.5 Å². The van der Waals surface area contributed by atoms with Gasteiger partial charge in [0.15, 0.2) is 0 Å². The maximum absolute atomic E-state index is 10.6. The van der Waals surface area contributed by atoms with Gasteiger partial charge in [0.2, 0.25) is 0 Å². The Labute approximate surface area is 244 Å². The lowest BCUT2D eigenvalue weighted by Crippen LogP contribution is -2.36. The second kappa shape index (κ2) is 16.6. The number of aryl methyl sites for hydroxylation is 1. The molecule has 11 nitrogen and oxygen atoms in total. The minimum absolute atomic E-state index is 0.453. The average Bonchev–Trinajstić information content (AvgIpc) is 2.91. The minimum Gasteiger partial charge on any atom is -0.497 e. The van der Waals surface area contributed by atoms with Gasteiger partial charge in [-0.25, -0.2) is 19.6 Å². The summed E-state index contributed by atoms with van der Waals surface area (Å²) in [6, 6.07) is 9.01. The number of carboxylic acid groups (broad SMARTS) is 2. The predicted molar refractivity (Wildman–Crippen MR) is 145 cm³/mol. The van der Waals surface area contributed by atoms with Crippen LogP contribution in [0.25, 0.3) is 0 Å². The lowest BCUT2D eigenvalue weighted by atomic mass is 9.91. The van der Waals surface area contributed by atoms with Gasteiger partial charge in [-0.15, -0.1) is 0 Å². The third-order valence-corrected chi connectivity index (χ3v) is 5.85. The van der Waals surface area contributed by atoms with Gasteiger partial charge < -0.3 is 35.2 Å². The first-order valence-corrected chi connectivity index (χ1v) is 12.7. The van der Waals surface area contributed by atoms with Crippen molar-refractivity contribution in [3.63, 3.8) is 0 Å². The van der Waals surface area contributed by atoms with E-state index in [-0.39, 0.29) is 0 Å². The van der Waals surface area contributed by atoms with Crippen LogP contribution >= 0.6 is 0 Å². The number of ether oxygens (including phenoxy) is 2. The Balaban J connectivity index is 0.000000548. The first kappa shape index (κ1) is 37.0. The normalized spacial score (nSPS) is 16.4. The zero-order chi connectivity index (χ0) is 33.0. The largest absolute Gasteiger partial charge is 0.497 e. The van der Waals surface area contributed by atoms with Gasteiger partial charge in [-0.2, -0.15) is 26.3 Å². The molecule has 0 aliphatic heterocycles. The summed E-state index contributed by atoms with van der Waals surface area (Å²) in [5, 5.41) is 21.5. The molecule has 242 valence electrons. The number of nitrogens with one attached hydrogen (secondary N) is 2. The van der Waals surface area contributed by atoms with E-state index in [9.17, 15) is 26.3 Å². The number of alkyl halides is 6. The van der Waals surface area contributed by atoms with E-state index < -0.39 is 24.3 Å². The molecule has 17 heteroatoms. The fraction of sp³-hybridized carbons (Fsp3) is 0.538. The molecule has 0 radical (unpaired) electrons. The predicted octanol–water partition coefficient (Wildman–Crippen LogP) is 4.65. The fourth-order valence-electron chi connectivity index (χ4n) is 3.74. The fourth-order valence-corrected chi connectivity index (χ4v) is 3.74. The number of benzene rings is 1. The number of nitrogens with zero attached hydrogens (tertiary/aromatic N) is 3. The van der Waals surface area contributed by atoms with Crippen LogP contribution < -0.4 is 25.0 Å². The molecule has 0 bridgehead atoms. The second-order valence-electron chi connectivity index (χ2n) is 9.45. The second-order valence-corrected chi connectivity index (χ2v) is 9.45. The number of aromatic nitrogens is 2. The standard InChI is InChI=1S/C22H33N5O2.2C2HF3O2/c1-15-24-21(13-22(25-15)27(2)3)26-18-8-6-17(7-9-18)23-14-16-10-19(28-4)12-20(11-16)29-5;2*3-2(4,5)1(6)7/h10-13,17-18,23H,6-9,14H2,1-5H3,(H,24,25,26);2*(H,6,7). The highest BCUT2D eigenvalue weighted by molar-refractivity contribution is 5.73. The third kappa shape index (κ3) is 14.1. The van der Waals surface area contributed by atoms with E-state index in [4.69, 9.17) is 29.3 Å². The number of carboxylic acids is 2. The van der Waals surface area contributed by atoms with Crippen molar-refractivity contribution in [2.24, 2.45) is 0 Å². The van der Waals surface area contributed by atoms with E-state index in [1.807, 2.05) is 38.1 Å². The van der Waals surface area contributed by atoms with Crippen LogP contribution in [0.3, 0.4) is 0 Å². The Bertz CT molecular complexity index is 1140. The van der Waals surface area contributed by atoms with Gasteiger partial charge in [0.05, 0.1) is 14.2 Å². The molecular formula is C26H35F6N5O6. The monoisotopic (exact) mass is 627 g/mol. The van der Waals surface area contributed by atoms with E-state index in [0.717, 1.165) is 61.2 Å². The van der Waals surface area contributed by atoms with Crippen LogP contribution in [-0.4, -0.2) is 84.9 Å². The molecule has 1 aliphatic rings. The highest BCUT2D eigenvalue weighted by atomic mass is 19.4. The van der Waals surface area contributed by atoms with Crippen molar-refractivity contribution in [1.82, 2.24) is 15.3 Å². The molecule has 1 heterocycles. The first-order chi connectivity index (χ1) is 19.8. The van der Waals surface area contributed by atoms with Gasteiger partial charge in [-0.3, -0.25) is 0 Å². The number of hydrogen-bond donors (Lipinski definition) is 4. The van der Waals surface area contributed by atoms with Crippen molar-refractivity contribution >= 4 is 23.6 Å². The summed E-state index contributed by atoms with van der Waals surface area (Å²) in [4.78, 5) is 28.8. The average molecular weight is 628 g/mol. The van der Waals surface area contributed by atoms with E-state index in [1.165, 1.54) is 5.56 Å². The molecule has 2 aromatic rings. The third-order valence-electron chi connectivity index (χ3n) is 5.85. The number of halogens is 6. The number of methoxy groups -OCH3 is 2. The number of rotatable bonds is 8. The van der Waals surface area contributed by atoms with Gasteiger partial charge in [0.25, 0.3) is 0 Å². The van der Waals surface area contributed by atoms with Crippen LogP contribution in [0.15, 0.2) is 24.3 Å². The van der Waals surface area contributed by atoms with Crippen LogP contribution in [0.5, 0.6) is 11.5 Å². The Morgan fingerprint density at radius 2 is 1.30 bits per heavy atom. The topological polar surface area (TPSA) is 146 Å². The number of anilines is 2. The van der Waals surface area contributed by atoms with Gasteiger partial charge in [0.1, 0.15) is 29.0 Å². The summed E-state index contributed by atoms with van der Waals surface area (Å²) in [5.41, 5.74) is 1.18.